The van der Waals surface area contributed by atoms with Gasteiger partial charge >= 0.3 is 34.1 Å². The molecule has 0 nitrogen and oxygen atoms in total. The summed E-state index contributed by atoms with van der Waals surface area (Å²) in [6.45, 7) is 0. The summed E-state index contributed by atoms with van der Waals surface area (Å²) in [6, 6.07) is 37.1. The molecule has 1 aliphatic carbocycles. The van der Waals surface area contributed by atoms with Crippen LogP contribution in [-0.2, 0) is 34.1 Å². The van der Waals surface area contributed by atoms with Crippen LogP contribution in [0.5, 0.6) is 0 Å². The quantitative estimate of drug-likeness (QED) is 0.272. The van der Waals surface area contributed by atoms with E-state index in [-0.39, 0.29) is 34.1 Å². The third kappa shape index (κ3) is 6.90. The molecule has 0 unspecified atom stereocenters. The van der Waals surface area contributed by atoms with E-state index in [1.165, 1.54) is 28.7 Å². The summed E-state index contributed by atoms with van der Waals surface area (Å²) in [5.41, 5.74) is 5.85. The second-order valence-electron chi connectivity index (χ2n) is 5.41. The second-order valence-corrected chi connectivity index (χ2v) is 5.41. The van der Waals surface area contributed by atoms with Gasteiger partial charge < -0.3 is 0 Å². The van der Waals surface area contributed by atoms with E-state index in [0.717, 1.165) is 0 Å². The van der Waals surface area contributed by atoms with Crippen molar-refractivity contribution in [2.24, 2.45) is 0 Å². The minimum atomic E-state index is 0. The van der Waals surface area contributed by atoms with Crippen LogP contribution in [0.2, 0.25) is 0 Å². The number of hydrogen-bond acceptors (Lipinski definition) is 0. The molecule has 25 heavy (non-hydrogen) atoms. The maximum Gasteiger partial charge on any atom is 2.00 e. The molecule has 0 atom stereocenters. The largest absolute Gasteiger partial charge is 2.00 e. The van der Waals surface area contributed by atoms with E-state index in [4.69, 9.17) is 0 Å². The molecule has 5 rings (SSSR count). The molecule has 2 heteroatoms. The maximum atomic E-state index is 2.19. The topological polar surface area (TPSA) is 0 Å². The summed E-state index contributed by atoms with van der Waals surface area (Å²) in [7, 11) is 0. The molecule has 0 aromatic heterocycles. The molecule has 0 N–H and O–H groups in total. The zero-order valence-corrected chi connectivity index (χ0v) is 16.0. The molecule has 0 radical (unpaired) electrons. The van der Waals surface area contributed by atoms with E-state index in [9.17, 15) is 0 Å². The summed E-state index contributed by atoms with van der Waals surface area (Å²) >= 11 is 0. The molecule has 4 aromatic carbocycles. The van der Waals surface area contributed by atoms with Crippen molar-refractivity contribution < 1.29 is 34.1 Å². The first-order chi connectivity index (χ1) is 11.4. The van der Waals surface area contributed by atoms with Gasteiger partial charge in [0.15, 0.2) is 0 Å². The fourth-order valence-electron chi connectivity index (χ4n) is 2.48. The Kier molecular flexibility index (Phi) is 9.92. The van der Waals surface area contributed by atoms with E-state index in [1.807, 2.05) is 60.7 Å². The predicted molar refractivity (Wildman–Crippen MR) is 99.6 cm³/mol. The van der Waals surface area contributed by atoms with Gasteiger partial charge in [0.2, 0.25) is 0 Å². The summed E-state index contributed by atoms with van der Waals surface area (Å²) in [5.74, 6) is 0. The average Bonchev–Trinajstić information content (AvgIpc) is 3.30. The van der Waals surface area contributed by atoms with Crippen LogP contribution in [0.3, 0.4) is 0 Å². The standard InChI is InChI=1S/C13H10.2C5H5.2Fe/c1-2-6-10(5-1)12-9-13(12)11-7-3-4-8-11;2*1-2-4-5-3-1;;/h1-8H,9H2;2*1-5H;;/q-2;2*-1;2*+2. The van der Waals surface area contributed by atoms with Gasteiger partial charge in [0.25, 0.3) is 0 Å². The second kappa shape index (κ2) is 11.7. The Morgan fingerprint density at radius 2 is 0.840 bits per heavy atom. The minimum Gasteiger partial charge on any atom is -0.214 e. The van der Waals surface area contributed by atoms with Crippen molar-refractivity contribution in [3.63, 3.8) is 0 Å². The van der Waals surface area contributed by atoms with Gasteiger partial charge in [0, 0.05) is 0 Å². The normalized spacial score (nSPS) is 11.0. The fourth-order valence-corrected chi connectivity index (χ4v) is 2.48. The predicted octanol–water partition coefficient (Wildman–Crippen LogP) is 6.24. The zero-order chi connectivity index (χ0) is 15.7. The summed E-state index contributed by atoms with van der Waals surface area (Å²) < 4.78 is 0. The van der Waals surface area contributed by atoms with Crippen molar-refractivity contribution in [1.29, 1.82) is 0 Å². The van der Waals surface area contributed by atoms with Crippen LogP contribution in [0.15, 0.2) is 109 Å². The van der Waals surface area contributed by atoms with Crippen molar-refractivity contribution in [2.75, 3.05) is 0 Å². The molecule has 1 aliphatic rings. The molecular formula is C23H20Fe2. The van der Waals surface area contributed by atoms with E-state index in [0.29, 0.717) is 0 Å². The molecule has 0 amide bonds. The van der Waals surface area contributed by atoms with Crippen LogP contribution >= 0.6 is 0 Å². The zero-order valence-electron chi connectivity index (χ0n) is 13.8. The van der Waals surface area contributed by atoms with Crippen molar-refractivity contribution in [3.05, 3.63) is 120 Å². The van der Waals surface area contributed by atoms with Crippen molar-refractivity contribution in [2.45, 2.75) is 6.42 Å². The first-order valence-corrected chi connectivity index (χ1v) is 7.95. The van der Waals surface area contributed by atoms with E-state index >= 15 is 0 Å². The van der Waals surface area contributed by atoms with Crippen LogP contribution < -0.4 is 0 Å². The molecule has 0 fully saturated rings. The first-order valence-electron chi connectivity index (χ1n) is 7.95. The Morgan fingerprint density at radius 3 is 1.08 bits per heavy atom. The first kappa shape index (κ1) is 21.2. The van der Waals surface area contributed by atoms with E-state index < -0.39 is 0 Å². The van der Waals surface area contributed by atoms with Gasteiger partial charge in [-0.3, -0.25) is 0 Å². The van der Waals surface area contributed by atoms with Crippen LogP contribution in [0.1, 0.15) is 17.5 Å². The fraction of sp³-hybridized carbons (Fsp3) is 0.0435. The molecule has 0 spiro atoms. The van der Waals surface area contributed by atoms with Crippen LogP contribution in [0.4, 0.5) is 0 Å². The van der Waals surface area contributed by atoms with Crippen molar-refractivity contribution in [3.8, 4) is 0 Å². The van der Waals surface area contributed by atoms with Gasteiger partial charge in [0.1, 0.15) is 0 Å². The smallest absolute Gasteiger partial charge is 0.214 e. The summed E-state index contributed by atoms with van der Waals surface area (Å²) in [4.78, 5) is 0. The van der Waals surface area contributed by atoms with E-state index in [1.54, 1.807) is 0 Å². The molecule has 128 valence electrons. The Labute approximate surface area is 171 Å². The Morgan fingerprint density at radius 1 is 0.520 bits per heavy atom. The Hall–Kier alpha value is -1.82. The minimum absolute atomic E-state index is 0. The van der Waals surface area contributed by atoms with E-state index in [2.05, 4.69) is 48.5 Å². The van der Waals surface area contributed by atoms with Gasteiger partial charge in [-0.25, -0.2) is 24.3 Å². The third-order valence-electron chi connectivity index (χ3n) is 3.73. The van der Waals surface area contributed by atoms with Crippen LogP contribution in [0.25, 0.3) is 11.1 Å². The molecule has 0 heterocycles. The molecule has 0 saturated carbocycles. The van der Waals surface area contributed by atoms with Crippen molar-refractivity contribution >= 4 is 11.1 Å². The Balaban J connectivity index is 0.000000219. The van der Waals surface area contributed by atoms with Crippen LogP contribution in [0, 0.1) is 0 Å². The number of hydrogen-bond donors (Lipinski definition) is 0. The van der Waals surface area contributed by atoms with Gasteiger partial charge in [-0.1, -0.05) is 0 Å². The van der Waals surface area contributed by atoms with Gasteiger partial charge in [0.05, 0.1) is 0 Å². The molecule has 4 aromatic rings. The van der Waals surface area contributed by atoms with Gasteiger partial charge in [-0.05, 0) is 0 Å². The number of allylic oxidation sites excluding steroid dienone is 2. The molecule has 0 bridgehead atoms. The SMILES string of the molecule is [Fe+2].[Fe+2].c1cc[c-](C2=C([c-]3cccc3)C2)c1.c1cc[cH-]c1.c1cc[cH-]c1. The van der Waals surface area contributed by atoms with Crippen molar-refractivity contribution in [1.82, 2.24) is 0 Å². The van der Waals surface area contributed by atoms with Crippen LogP contribution in [-0.4, -0.2) is 0 Å². The molecule has 0 aliphatic heterocycles. The van der Waals surface area contributed by atoms with Gasteiger partial charge in [-0.2, -0.15) is 107 Å². The monoisotopic (exact) mass is 408 g/mol. The average molecular weight is 408 g/mol. The maximum absolute atomic E-state index is 2.19. The third-order valence-corrected chi connectivity index (χ3v) is 3.73. The summed E-state index contributed by atoms with van der Waals surface area (Å²) in [6.07, 6.45) is 1.17. The summed E-state index contributed by atoms with van der Waals surface area (Å²) in [5, 5.41) is 0. The molecular weight excluding hydrogens is 388 g/mol. The van der Waals surface area contributed by atoms with Gasteiger partial charge in [-0.15, -0.1) is 6.42 Å². The molecule has 0 saturated heterocycles. The Bertz CT molecular complexity index is 666. The number of rotatable bonds is 2.